The molecule has 8 heteroatoms. The molecule has 2 aromatic rings. The zero-order valence-corrected chi connectivity index (χ0v) is 16.0. The fourth-order valence-corrected chi connectivity index (χ4v) is 2.83. The van der Waals surface area contributed by atoms with Crippen LogP contribution in [0.15, 0.2) is 34.3 Å². The number of rotatable bonds is 7. The van der Waals surface area contributed by atoms with E-state index in [2.05, 4.69) is 50.5 Å². The number of imidazole rings is 1. The molecule has 0 aliphatic carbocycles. The van der Waals surface area contributed by atoms with Crippen LogP contribution in [0.5, 0.6) is 0 Å². The van der Waals surface area contributed by atoms with Crippen LogP contribution in [0.4, 0.5) is 4.39 Å². The van der Waals surface area contributed by atoms with Gasteiger partial charge in [0, 0.05) is 29.3 Å². The van der Waals surface area contributed by atoms with Crippen molar-refractivity contribution in [3.8, 4) is 5.82 Å². The fourth-order valence-electron chi connectivity index (χ4n) is 1.77. The maximum absolute atomic E-state index is 13.8. The molecule has 0 spiro atoms. The molecule has 124 valence electrons. The van der Waals surface area contributed by atoms with Gasteiger partial charge in [-0.1, -0.05) is 19.6 Å². The van der Waals surface area contributed by atoms with Crippen molar-refractivity contribution in [2.45, 2.75) is 19.6 Å². The molecule has 0 saturated heterocycles. The first-order chi connectivity index (χ1) is 10.8. The zero-order chi connectivity index (χ0) is 16.9. The van der Waals surface area contributed by atoms with Gasteiger partial charge in [0.1, 0.15) is 6.33 Å². The molecule has 23 heavy (non-hydrogen) atoms. The lowest BCUT2D eigenvalue weighted by Gasteiger charge is -2.14. The summed E-state index contributed by atoms with van der Waals surface area (Å²) in [5.41, 5.74) is 0.652. The summed E-state index contributed by atoms with van der Waals surface area (Å²) >= 11 is 3.18. The molecule has 0 aliphatic rings. The van der Waals surface area contributed by atoms with Crippen molar-refractivity contribution in [1.82, 2.24) is 14.5 Å². The molecule has 2 rings (SSSR count). The van der Waals surface area contributed by atoms with Gasteiger partial charge in [0.15, 0.2) is 11.6 Å². The summed E-state index contributed by atoms with van der Waals surface area (Å²) in [6.07, 6.45) is 7.24. The lowest BCUT2D eigenvalue weighted by Crippen LogP contribution is -2.28. The first-order valence-corrected chi connectivity index (χ1v) is 11.8. The van der Waals surface area contributed by atoms with E-state index in [0.717, 1.165) is 6.23 Å². The van der Waals surface area contributed by atoms with Gasteiger partial charge in [0.25, 0.3) is 0 Å². The van der Waals surface area contributed by atoms with Crippen LogP contribution in [0, 0.1) is 5.82 Å². The van der Waals surface area contributed by atoms with Gasteiger partial charge in [-0.05, 0) is 22.0 Å². The summed E-state index contributed by atoms with van der Waals surface area (Å²) in [4.78, 5) is 12.5. The number of hydrogen-bond donors (Lipinski definition) is 0. The summed E-state index contributed by atoms with van der Waals surface area (Å²) in [6.45, 7) is 7.97. The predicted molar refractivity (Wildman–Crippen MR) is 95.6 cm³/mol. The van der Waals surface area contributed by atoms with Gasteiger partial charge < -0.3 is 4.74 Å². The average Bonchev–Trinajstić information content (AvgIpc) is 2.90. The molecular weight excluding hydrogens is 379 g/mol. The Morgan fingerprint density at radius 1 is 1.39 bits per heavy atom. The second-order valence-electron chi connectivity index (χ2n) is 6.31. The first-order valence-electron chi connectivity index (χ1n) is 7.28. The van der Waals surface area contributed by atoms with E-state index in [9.17, 15) is 4.39 Å². The van der Waals surface area contributed by atoms with Crippen LogP contribution < -0.4 is 0 Å². The molecule has 5 nitrogen and oxygen atoms in total. The second kappa shape index (κ2) is 7.94. The molecular formula is C15H20BrFN4OSi. The van der Waals surface area contributed by atoms with Gasteiger partial charge in [-0.15, -0.1) is 0 Å². The van der Waals surface area contributed by atoms with E-state index in [-0.39, 0.29) is 5.82 Å². The number of ether oxygens (including phenoxy) is 1. The summed E-state index contributed by atoms with van der Waals surface area (Å²) in [5, 5.41) is 0. The van der Waals surface area contributed by atoms with Crippen LogP contribution in [0.3, 0.4) is 0 Å². The number of pyridine rings is 1. The summed E-state index contributed by atoms with van der Waals surface area (Å²) in [5.74, 6) is -0.209. The van der Waals surface area contributed by atoms with Crippen LogP contribution >= 0.6 is 15.9 Å². The van der Waals surface area contributed by atoms with E-state index in [4.69, 9.17) is 4.74 Å². The molecule has 0 aromatic carbocycles. The molecule has 0 bridgehead atoms. The number of halogens is 2. The highest BCUT2D eigenvalue weighted by molar-refractivity contribution is 9.10. The van der Waals surface area contributed by atoms with E-state index in [1.54, 1.807) is 18.6 Å². The minimum absolute atomic E-state index is 0.207. The van der Waals surface area contributed by atoms with Gasteiger partial charge in [0.2, 0.25) is 0 Å². The first kappa shape index (κ1) is 18.0. The third kappa shape index (κ3) is 5.96. The Bertz CT molecular complexity index is 684. The molecule has 0 atom stereocenters. The summed E-state index contributed by atoms with van der Waals surface area (Å²) in [6, 6.07) is 1.37. The van der Waals surface area contributed by atoms with E-state index in [1.165, 1.54) is 17.0 Å². The van der Waals surface area contributed by atoms with Crippen molar-refractivity contribution in [2.24, 2.45) is 4.99 Å². The highest BCUT2D eigenvalue weighted by Crippen LogP contribution is 2.15. The smallest absolute Gasteiger partial charge is 0.174 e. The SMILES string of the molecule is C[Si](C)(C)COCC/N=C/c1cn(-c2ncc(Br)cc2F)cn1. The Balaban J connectivity index is 1.88. The summed E-state index contributed by atoms with van der Waals surface area (Å²) in [7, 11) is -1.16. The van der Waals surface area contributed by atoms with E-state index in [0.29, 0.717) is 23.3 Å². The Morgan fingerprint density at radius 2 is 2.17 bits per heavy atom. The lowest BCUT2D eigenvalue weighted by molar-refractivity contribution is 0.182. The van der Waals surface area contributed by atoms with E-state index in [1.807, 2.05) is 0 Å². The number of aliphatic imine (C=N–C) groups is 1. The standard InChI is InChI=1S/C15H20BrFN4OSi/c1-23(2,3)11-22-5-4-18-8-13-9-21(10-20-13)15-14(17)6-12(16)7-19-15/h6-10H,4-5,11H2,1-3H3/b18-8+. The van der Waals surface area contributed by atoms with Crippen LogP contribution in [0.25, 0.3) is 5.82 Å². The Hall–Kier alpha value is -1.38. The van der Waals surface area contributed by atoms with Crippen molar-refractivity contribution in [1.29, 1.82) is 0 Å². The third-order valence-electron chi connectivity index (χ3n) is 2.76. The average molecular weight is 399 g/mol. The van der Waals surface area contributed by atoms with Crippen LogP contribution in [0.2, 0.25) is 19.6 Å². The van der Waals surface area contributed by atoms with Crippen LogP contribution in [0.1, 0.15) is 5.69 Å². The molecule has 0 aliphatic heterocycles. The number of hydrogen-bond acceptors (Lipinski definition) is 4. The topological polar surface area (TPSA) is 52.3 Å². The largest absolute Gasteiger partial charge is 0.383 e. The Morgan fingerprint density at radius 3 is 2.87 bits per heavy atom. The van der Waals surface area contributed by atoms with Crippen LogP contribution in [-0.4, -0.2) is 48.2 Å². The molecule has 0 unspecified atom stereocenters. The minimum Gasteiger partial charge on any atom is -0.383 e. The van der Waals surface area contributed by atoms with Crippen molar-refractivity contribution >= 4 is 30.2 Å². The van der Waals surface area contributed by atoms with Gasteiger partial charge in [0.05, 0.1) is 26.9 Å². The molecule has 0 saturated carbocycles. The Labute approximate surface area is 144 Å². The quantitative estimate of drug-likeness (QED) is 0.407. The van der Waals surface area contributed by atoms with Gasteiger partial charge in [-0.2, -0.15) is 0 Å². The van der Waals surface area contributed by atoms with E-state index < -0.39 is 13.9 Å². The highest BCUT2D eigenvalue weighted by atomic mass is 79.9. The lowest BCUT2D eigenvalue weighted by atomic mass is 10.4. The highest BCUT2D eigenvalue weighted by Gasteiger charge is 2.12. The minimum atomic E-state index is -1.16. The number of aromatic nitrogens is 3. The maximum Gasteiger partial charge on any atom is 0.174 e. The molecule has 0 N–H and O–H groups in total. The van der Waals surface area contributed by atoms with Gasteiger partial charge in [-0.25, -0.2) is 14.4 Å². The van der Waals surface area contributed by atoms with Crippen molar-refractivity contribution in [2.75, 3.05) is 19.4 Å². The normalized spacial score (nSPS) is 12.2. The molecule has 0 fully saturated rings. The molecule has 0 radical (unpaired) electrons. The molecule has 0 amide bonds. The van der Waals surface area contributed by atoms with Crippen molar-refractivity contribution < 1.29 is 9.13 Å². The Kier molecular flexibility index (Phi) is 6.20. The van der Waals surface area contributed by atoms with Gasteiger partial charge >= 0.3 is 0 Å². The predicted octanol–water partition coefficient (Wildman–Crippen LogP) is 3.48. The molecule has 2 aromatic heterocycles. The van der Waals surface area contributed by atoms with Crippen LogP contribution in [-0.2, 0) is 4.74 Å². The van der Waals surface area contributed by atoms with Crippen molar-refractivity contribution in [3.05, 3.63) is 40.8 Å². The third-order valence-corrected chi connectivity index (χ3v) is 4.26. The van der Waals surface area contributed by atoms with E-state index >= 15 is 0 Å². The van der Waals surface area contributed by atoms with Gasteiger partial charge in [-0.3, -0.25) is 9.56 Å². The zero-order valence-electron chi connectivity index (χ0n) is 13.5. The summed E-state index contributed by atoms with van der Waals surface area (Å²) < 4.78 is 21.6. The monoisotopic (exact) mass is 398 g/mol. The van der Waals surface area contributed by atoms with Crippen molar-refractivity contribution in [3.63, 3.8) is 0 Å². The molecule has 2 heterocycles. The maximum atomic E-state index is 13.8. The fraction of sp³-hybridized carbons (Fsp3) is 0.400. The second-order valence-corrected chi connectivity index (χ2v) is 12.6. The number of nitrogens with zero attached hydrogens (tertiary/aromatic N) is 4.